The van der Waals surface area contributed by atoms with Crippen LogP contribution < -0.4 is 27.8 Å². The molecule has 2 aliphatic rings. The summed E-state index contributed by atoms with van der Waals surface area (Å²) in [5, 5.41) is 16.6. The highest BCUT2D eigenvalue weighted by atomic mass is 31.2. The van der Waals surface area contributed by atoms with Gasteiger partial charge < -0.3 is 56.1 Å². The van der Waals surface area contributed by atoms with Crippen LogP contribution in [0.5, 0.6) is 0 Å². The Balaban J connectivity index is 1.17. The highest BCUT2D eigenvalue weighted by Crippen LogP contribution is 2.50. The predicted octanol–water partition coefficient (Wildman–Crippen LogP) is -0.873. The molecule has 26 nitrogen and oxygen atoms in total. The number of rotatable bonds is 20. The van der Waals surface area contributed by atoms with Crippen LogP contribution in [-0.2, 0) is 57.7 Å². The monoisotopic (exact) mass is 922 g/mol. The fourth-order valence-corrected chi connectivity index (χ4v) is 7.94. The molecule has 28 heteroatoms. The third kappa shape index (κ3) is 12.4. The second-order valence-electron chi connectivity index (χ2n) is 14.0. The number of imidazole rings is 1. The van der Waals surface area contributed by atoms with Crippen molar-refractivity contribution in [2.75, 3.05) is 31.2 Å². The number of hydrogen-bond acceptors (Lipinski definition) is 19. The van der Waals surface area contributed by atoms with Crippen molar-refractivity contribution in [3.8, 4) is 0 Å². The molecular formula is C35H44N10O16P2. The summed E-state index contributed by atoms with van der Waals surface area (Å²) >= 11 is 0. The Morgan fingerprint density at radius 2 is 1.76 bits per heavy atom. The SMILES string of the molecule is C=CCCC(=O)N[C@@H](Cc1ccccc1)C(=O)NCC(=O)OC1C(COP(=O)(O)O[C@@H]2C[C@H](n3ccc(N)nc3=O)OC2COP(=O)(O)O)OC(n2cnc3c(N)ncnc32)C1O. The van der Waals surface area contributed by atoms with E-state index in [0.717, 1.165) is 10.9 Å². The molecule has 1 aromatic carbocycles. The fraction of sp³-hybridized carbons (Fsp3) is 0.429. The van der Waals surface area contributed by atoms with Gasteiger partial charge in [0.15, 0.2) is 23.8 Å². The van der Waals surface area contributed by atoms with E-state index in [9.17, 15) is 48.1 Å². The van der Waals surface area contributed by atoms with Gasteiger partial charge in [0.05, 0.1) is 19.5 Å². The first kappa shape index (κ1) is 47.0. The number of benzene rings is 1. The molecule has 2 amide bonds. The lowest BCUT2D eigenvalue weighted by atomic mass is 10.0. The first-order valence-corrected chi connectivity index (χ1v) is 22.0. The van der Waals surface area contributed by atoms with Crippen LogP contribution in [0.1, 0.15) is 37.3 Å². The third-order valence-corrected chi connectivity index (χ3v) is 11.1. The molecule has 4 aromatic rings. The minimum absolute atomic E-state index is 0.00849. The van der Waals surface area contributed by atoms with E-state index < -0.39 is 108 Å². The van der Waals surface area contributed by atoms with E-state index in [4.69, 9.17) is 34.7 Å². The van der Waals surface area contributed by atoms with Crippen LogP contribution >= 0.6 is 15.6 Å². The molecule has 6 unspecified atom stereocenters. The summed E-state index contributed by atoms with van der Waals surface area (Å²) in [6, 6.07) is 8.97. The van der Waals surface area contributed by atoms with E-state index in [1.54, 1.807) is 36.4 Å². The summed E-state index contributed by atoms with van der Waals surface area (Å²) in [6.45, 7) is 1.06. The molecule has 0 bridgehead atoms. The molecule has 0 saturated carbocycles. The zero-order valence-electron chi connectivity index (χ0n) is 33.0. The maximum atomic E-state index is 13.5. The molecule has 9 atom stereocenters. The smallest absolute Gasteiger partial charge is 0.455 e. The van der Waals surface area contributed by atoms with Gasteiger partial charge in [-0.2, -0.15) is 4.98 Å². The third-order valence-electron chi connectivity index (χ3n) is 9.57. The number of amides is 2. The standard InChI is InChI=1S/C35H44N10O16P2/c1-2-3-9-25(46)42-20(12-19-7-5-4-6-8-19)33(49)38-14-27(47)60-30-23(59-34(29(30)48)45-18-41-28-31(37)39-17-40-32(28)45)16-57-63(54,55)61-21-13-26(44-11-10-24(36)43-35(44)50)58-22(21)15-56-62(51,52)53/h2,4-8,10-11,17-18,20-23,26,29-30,34,48H,1,3,9,12-16H2,(H,38,49)(H,42,46)(H,54,55)(H2,36,43,50)(H2,37,39,40)(H2,51,52,53)/t20-,21+,22?,23?,26+,29?,30?,34?/m0/s1. The first-order chi connectivity index (χ1) is 29.9. The lowest BCUT2D eigenvalue weighted by molar-refractivity contribution is -0.156. The van der Waals surface area contributed by atoms with Crippen LogP contribution in [0.2, 0.25) is 0 Å². The van der Waals surface area contributed by atoms with Gasteiger partial charge in [0.1, 0.15) is 60.9 Å². The molecule has 0 aliphatic carbocycles. The minimum atomic E-state index is -5.23. The number of allylic oxidation sites excluding steroid dienone is 1. The number of carbonyl (C=O) groups excluding carboxylic acids is 3. The molecule has 10 N–H and O–H groups in total. The molecule has 5 heterocycles. The number of aliphatic hydroxyl groups is 1. The topological polar surface area (TPSA) is 376 Å². The molecule has 2 saturated heterocycles. The number of phosphoric ester groups is 2. The van der Waals surface area contributed by atoms with E-state index in [0.29, 0.717) is 12.0 Å². The van der Waals surface area contributed by atoms with Crippen LogP contribution in [-0.4, -0.2) is 123 Å². The average Bonchev–Trinajstić information content (AvgIpc) is 3.92. The first-order valence-electron chi connectivity index (χ1n) is 18.9. The van der Waals surface area contributed by atoms with Crippen molar-refractivity contribution in [2.24, 2.45) is 0 Å². The van der Waals surface area contributed by atoms with Crippen molar-refractivity contribution in [3.05, 3.63) is 84.0 Å². The molecule has 2 aliphatic heterocycles. The van der Waals surface area contributed by atoms with E-state index in [1.807, 2.05) is 0 Å². The number of nitrogen functional groups attached to an aromatic ring is 2. The van der Waals surface area contributed by atoms with Gasteiger partial charge in [-0.3, -0.25) is 37.1 Å². The molecule has 6 rings (SSSR count). The number of nitrogens with two attached hydrogens (primary N) is 2. The Labute approximate surface area is 356 Å². The number of hydrogen-bond donors (Lipinski definition) is 8. The van der Waals surface area contributed by atoms with Crippen molar-refractivity contribution < 1.29 is 71.1 Å². The number of carbonyl (C=O) groups is 3. The lowest BCUT2D eigenvalue weighted by Gasteiger charge is -2.24. The van der Waals surface area contributed by atoms with Crippen LogP contribution in [0.3, 0.4) is 0 Å². The van der Waals surface area contributed by atoms with Crippen molar-refractivity contribution in [3.63, 3.8) is 0 Å². The maximum absolute atomic E-state index is 13.5. The summed E-state index contributed by atoms with van der Waals surface area (Å²) in [6.07, 6.45) is -5.32. The zero-order valence-corrected chi connectivity index (χ0v) is 34.8. The highest BCUT2D eigenvalue weighted by Gasteiger charge is 2.50. The molecule has 63 heavy (non-hydrogen) atoms. The van der Waals surface area contributed by atoms with E-state index in [-0.39, 0.29) is 42.1 Å². The molecular weight excluding hydrogens is 878 g/mol. The van der Waals surface area contributed by atoms with Crippen molar-refractivity contribution in [1.29, 1.82) is 0 Å². The van der Waals surface area contributed by atoms with Gasteiger partial charge in [-0.1, -0.05) is 36.4 Å². The van der Waals surface area contributed by atoms with Crippen LogP contribution in [0.25, 0.3) is 11.2 Å². The Morgan fingerprint density at radius 3 is 2.48 bits per heavy atom. The highest BCUT2D eigenvalue weighted by molar-refractivity contribution is 7.47. The average molecular weight is 923 g/mol. The van der Waals surface area contributed by atoms with E-state index >= 15 is 0 Å². The van der Waals surface area contributed by atoms with E-state index in [1.165, 1.54) is 23.2 Å². The van der Waals surface area contributed by atoms with Gasteiger partial charge in [-0.25, -0.2) is 28.9 Å². The van der Waals surface area contributed by atoms with Crippen molar-refractivity contribution in [1.82, 2.24) is 39.7 Å². The number of ether oxygens (including phenoxy) is 3. The maximum Gasteiger partial charge on any atom is 0.472 e. The van der Waals surface area contributed by atoms with Crippen LogP contribution in [0.15, 0.2) is 72.7 Å². The summed E-state index contributed by atoms with van der Waals surface area (Å²) in [4.78, 5) is 97.0. The quantitative estimate of drug-likeness (QED) is 0.0303. The van der Waals surface area contributed by atoms with Crippen LogP contribution in [0, 0.1) is 0 Å². The number of nitrogens with one attached hydrogen (secondary N) is 2. The van der Waals surface area contributed by atoms with Gasteiger partial charge in [0.2, 0.25) is 11.8 Å². The molecule has 340 valence electrons. The number of fused-ring (bicyclic) bond motifs is 1. The number of anilines is 2. The summed E-state index contributed by atoms with van der Waals surface area (Å²) in [5.74, 6) is -2.38. The largest absolute Gasteiger partial charge is 0.472 e. The second kappa shape index (κ2) is 20.3. The Morgan fingerprint density at radius 1 is 1.02 bits per heavy atom. The van der Waals surface area contributed by atoms with E-state index in [2.05, 4.69) is 41.7 Å². The number of phosphoric acid groups is 2. The minimum Gasteiger partial charge on any atom is -0.455 e. The van der Waals surface area contributed by atoms with Crippen molar-refractivity contribution >= 4 is 56.2 Å². The molecule has 0 radical (unpaired) electrons. The summed E-state index contributed by atoms with van der Waals surface area (Å²) < 4.78 is 59.6. The predicted molar refractivity (Wildman–Crippen MR) is 214 cm³/mol. The molecule has 0 spiro atoms. The summed E-state index contributed by atoms with van der Waals surface area (Å²) in [5.41, 5.74) is 11.6. The summed E-state index contributed by atoms with van der Waals surface area (Å²) in [7, 11) is -10.3. The molecule has 2 fully saturated rings. The Bertz CT molecular complexity index is 2440. The van der Waals surface area contributed by atoms with Crippen molar-refractivity contribution in [2.45, 2.75) is 74.7 Å². The van der Waals surface area contributed by atoms with Gasteiger partial charge in [-0.05, 0) is 18.1 Å². The Hall–Kier alpha value is -5.50. The van der Waals surface area contributed by atoms with Gasteiger partial charge >= 0.3 is 27.3 Å². The van der Waals surface area contributed by atoms with Crippen LogP contribution in [0.4, 0.5) is 11.6 Å². The number of esters is 1. The number of nitrogens with zero attached hydrogens (tertiary/aromatic N) is 6. The van der Waals surface area contributed by atoms with Gasteiger partial charge in [-0.15, -0.1) is 6.58 Å². The molecule has 3 aromatic heterocycles. The number of aliphatic hydroxyl groups excluding tert-OH is 1. The number of aromatic nitrogens is 6. The normalized spacial score (nSPS) is 23.8. The van der Waals surface area contributed by atoms with Gasteiger partial charge in [0, 0.05) is 25.5 Å². The Kier molecular flexibility index (Phi) is 15.2. The lowest BCUT2D eigenvalue weighted by Crippen LogP contribution is -2.49. The fourth-order valence-electron chi connectivity index (χ4n) is 6.64. The zero-order chi connectivity index (χ0) is 45.5. The van der Waals surface area contributed by atoms with Gasteiger partial charge in [0.25, 0.3) is 0 Å². The second-order valence-corrected chi connectivity index (χ2v) is 16.7.